The van der Waals surface area contributed by atoms with Gasteiger partial charge in [-0.25, -0.2) is 8.42 Å². The van der Waals surface area contributed by atoms with E-state index in [2.05, 4.69) is 5.32 Å². The molecule has 1 aromatic rings. The predicted molar refractivity (Wildman–Crippen MR) is 95.4 cm³/mol. The minimum Gasteiger partial charge on any atom is -0.314 e. The van der Waals surface area contributed by atoms with Crippen molar-refractivity contribution in [1.82, 2.24) is 9.62 Å². The monoisotopic (exact) mass is 387 g/mol. The second kappa shape index (κ2) is 7.19. The third-order valence-electron chi connectivity index (χ3n) is 4.97. The van der Waals surface area contributed by atoms with Crippen LogP contribution in [-0.4, -0.2) is 43.3 Å². The van der Waals surface area contributed by atoms with Crippen LogP contribution >= 0.6 is 11.6 Å². The van der Waals surface area contributed by atoms with Crippen molar-refractivity contribution in [2.45, 2.75) is 43.5 Å². The minimum absolute atomic E-state index is 0.0914. The van der Waals surface area contributed by atoms with Crippen molar-refractivity contribution in [1.29, 1.82) is 0 Å². The zero-order valence-corrected chi connectivity index (χ0v) is 15.6. The summed E-state index contributed by atoms with van der Waals surface area (Å²) >= 11 is 6.01. The number of halogens is 1. The number of hydrogen-bond acceptors (Lipinski definition) is 5. The van der Waals surface area contributed by atoms with Crippen LogP contribution in [0.15, 0.2) is 17.0 Å². The fraction of sp³-hybridized carbons (Fsp3) is 0.625. The van der Waals surface area contributed by atoms with Crippen molar-refractivity contribution in [3.63, 3.8) is 0 Å². The van der Waals surface area contributed by atoms with E-state index in [0.717, 1.165) is 31.4 Å². The van der Waals surface area contributed by atoms with Gasteiger partial charge in [-0.15, -0.1) is 0 Å². The van der Waals surface area contributed by atoms with E-state index in [1.165, 1.54) is 30.1 Å². The maximum absolute atomic E-state index is 12.8. The average Bonchev–Trinajstić information content (AvgIpc) is 3.39. The highest BCUT2D eigenvalue weighted by Crippen LogP contribution is 2.32. The van der Waals surface area contributed by atoms with Crippen molar-refractivity contribution >= 4 is 27.3 Å². The van der Waals surface area contributed by atoms with Crippen LogP contribution < -0.4 is 5.32 Å². The molecule has 1 aliphatic heterocycles. The predicted octanol–water partition coefficient (Wildman–Crippen LogP) is 2.71. The van der Waals surface area contributed by atoms with Crippen LogP contribution in [0.2, 0.25) is 5.02 Å². The summed E-state index contributed by atoms with van der Waals surface area (Å²) in [5.41, 5.74) is 0.000613. The Morgan fingerprint density at radius 1 is 1.28 bits per heavy atom. The normalized spacial score (nSPS) is 19.9. The highest BCUT2D eigenvalue weighted by molar-refractivity contribution is 7.89. The molecule has 0 spiro atoms. The lowest BCUT2D eigenvalue weighted by Crippen LogP contribution is -2.45. The van der Waals surface area contributed by atoms with E-state index in [9.17, 15) is 18.5 Å². The van der Waals surface area contributed by atoms with E-state index in [1.54, 1.807) is 0 Å². The van der Waals surface area contributed by atoms with Crippen LogP contribution in [0.3, 0.4) is 0 Å². The number of benzene rings is 1. The number of piperidine rings is 1. The topological polar surface area (TPSA) is 92.6 Å². The molecule has 7 nitrogen and oxygen atoms in total. The van der Waals surface area contributed by atoms with Gasteiger partial charge in [0.1, 0.15) is 0 Å². The van der Waals surface area contributed by atoms with E-state index >= 15 is 0 Å². The van der Waals surface area contributed by atoms with Crippen molar-refractivity contribution in [2.24, 2.45) is 5.92 Å². The first-order valence-corrected chi connectivity index (χ1v) is 10.3. The van der Waals surface area contributed by atoms with E-state index in [4.69, 9.17) is 11.6 Å². The summed E-state index contributed by atoms with van der Waals surface area (Å²) in [5, 5.41) is 14.7. The van der Waals surface area contributed by atoms with E-state index in [-0.39, 0.29) is 21.2 Å². The summed E-state index contributed by atoms with van der Waals surface area (Å²) in [6.45, 7) is 3.33. The lowest BCUT2D eigenvalue weighted by Gasteiger charge is -2.31. The van der Waals surface area contributed by atoms with Crippen LogP contribution in [0, 0.1) is 23.0 Å². The summed E-state index contributed by atoms with van der Waals surface area (Å²) in [4.78, 5) is 10.4. The van der Waals surface area contributed by atoms with Crippen LogP contribution in [0.4, 0.5) is 5.69 Å². The fourth-order valence-corrected chi connectivity index (χ4v) is 4.88. The van der Waals surface area contributed by atoms with E-state index in [1.807, 2.05) is 0 Å². The maximum atomic E-state index is 12.8. The molecule has 0 bridgehead atoms. The molecular weight excluding hydrogens is 366 g/mol. The van der Waals surface area contributed by atoms with Gasteiger partial charge in [-0.1, -0.05) is 11.6 Å². The van der Waals surface area contributed by atoms with Crippen molar-refractivity contribution in [3.05, 3.63) is 32.8 Å². The van der Waals surface area contributed by atoms with Crippen LogP contribution in [-0.2, 0) is 10.0 Å². The molecule has 9 heteroatoms. The van der Waals surface area contributed by atoms with Gasteiger partial charge in [0.05, 0.1) is 14.8 Å². The molecule has 0 amide bonds. The number of nitrogens with one attached hydrogen (secondary N) is 1. The third-order valence-corrected chi connectivity index (χ3v) is 7.24. The lowest BCUT2D eigenvalue weighted by atomic mass is 10.1. The Labute approximate surface area is 152 Å². The highest BCUT2D eigenvalue weighted by Gasteiger charge is 2.32. The number of rotatable bonds is 6. The molecule has 1 saturated heterocycles. The van der Waals surface area contributed by atoms with Crippen molar-refractivity contribution in [3.8, 4) is 0 Å². The van der Waals surface area contributed by atoms with Gasteiger partial charge in [0, 0.05) is 30.8 Å². The van der Waals surface area contributed by atoms with E-state index in [0.29, 0.717) is 19.1 Å². The van der Waals surface area contributed by atoms with Gasteiger partial charge in [-0.05, 0) is 51.1 Å². The molecule has 0 radical (unpaired) electrons. The zero-order valence-electron chi connectivity index (χ0n) is 14.1. The Hall–Kier alpha value is -1.22. The number of sulfonamides is 1. The molecule has 2 aliphatic rings. The third kappa shape index (κ3) is 4.13. The number of hydrogen-bond donors (Lipinski definition) is 1. The molecule has 1 aromatic carbocycles. The maximum Gasteiger partial charge on any atom is 0.275 e. The van der Waals surface area contributed by atoms with Crippen LogP contribution in [0.25, 0.3) is 0 Å². The van der Waals surface area contributed by atoms with Gasteiger partial charge >= 0.3 is 0 Å². The molecule has 1 heterocycles. The Morgan fingerprint density at radius 2 is 1.92 bits per heavy atom. The van der Waals surface area contributed by atoms with Gasteiger partial charge in [0.25, 0.3) is 5.69 Å². The summed E-state index contributed by atoms with van der Waals surface area (Å²) in [6.07, 6.45) is 4.06. The van der Waals surface area contributed by atoms with Gasteiger partial charge in [-0.3, -0.25) is 10.1 Å². The summed E-state index contributed by atoms with van der Waals surface area (Å²) in [7, 11) is -3.78. The molecule has 3 rings (SSSR count). The summed E-state index contributed by atoms with van der Waals surface area (Å²) in [5.74, 6) is 0.789. The zero-order chi connectivity index (χ0) is 18.2. The molecule has 2 fully saturated rings. The van der Waals surface area contributed by atoms with E-state index < -0.39 is 14.9 Å². The van der Waals surface area contributed by atoms with Crippen LogP contribution in [0.5, 0.6) is 0 Å². The fourth-order valence-electron chi connectivity index (χ4n) is 3.08. The number of nitro benzene ring substituents is 1. The Morgan fingerprint density at radius 3 is 2.48 bits per heavy atom. The summed E-state index contributed by atoms with van der Waals surface area (Å²) < 4.78 is 27.1. The Bertz CT molecular complexity index is 772. The minimum atomic E-state index is -3.78. The summed E-state index contributed by atoms with van der Waals surface area (Å²) in [6, 6.07) is 2.74. The molecule has 1 saturated carbocycles. The second-order valence-corrected chi connectivity index (χ2v) is 9.18. The standard InChI is InChI=1S/C16H22ClN3O4S/c1-11-15(17)8-14(9-16(11)20(21)22)25(23,24)19-6-4-13(5-7-19)18-10-12-2-3-12/h8-9,12-13,18H,2-7,10H2,1H3. The van der Waals surface area contributed by atoms with Crippen molar-refractivity contribution in [2.75, 3.05) is 19.6 Å². The van der Waals surface area contributed by atoms with Gasteiger partial charge < -0.3 is 5.32 Å². The van der Waals surface area contributed by atoms with Crippen molar-refractivity contribution < 1.29 is 13.3 Å². The largest absolute Gasteiger partial charge is 0.314 e. The first kappa shape index (κ1) is 18.6. The highest BCUT2D eigenvalue weighted by atomic mass is 35.5. The molecule has 0 unspecified atom stereocenters. The lowest BCUT2D eigenvalue weighted by molar-refractivity contribution is -0.385. The first-order chi connectivity index (χ1) is 11.8. The van der Waals surface area contributed by atoms with Gasteiger partial charge in [0.15, 0.2) is 0 Å². The number of nitro groups is 1. The number of nitrogens with zero attached hydrogens (tertiary/aromatic N) is 2. The van der Waals surface area contributed by atoms with Crippen LogP contribution in [0.1, 0.15) is 31.2 Å². The molecule has 1 aliphatic carbocycles. The quantitative estimate of drug-likeness (QED) is 0.598. The average molecular weight is 388 g/mol. The molecule has 0 atom stereocenters. The van der Waals surface area contributed by atoms with Gasteiger partial charge in [-0.2, -0.15) is 4.31 Å². The molecule has 25 heavy (non-hydrogen) atoms. The Kier molecular flexibility index (Phi) is 5.34. The Balaban J connectivity index is 1.72. The SMILES string of the molecule is Cc1c(Cl)cc(S(=O)(=O)N2CCC(NCC3CC3)CC2)cc1[N+](=O)[O-]. The smallest absolute Gasteiger partial charge is 0.275 e. The van der Waals surface area contributed by atoms with Gasteiger partial charge in [0.2, 0.25) is 10.0 Å². The molecule has 138 valence electrons. The second-order valence-electron chi connectivity index (χ2n) is 6.84. The molecular formula is C16H22ClN3O4S. The molecule has 0 aromatic heterocycles. The molecule has 1 N–H and O–H groups in total. The first-order valence-electron chi connectivity index (χ1n) is 8.47.